The van der Waals surface area contributed by atoms with E-state index in [0.29, 0.717) is 5.69 Å². The van der Waals surface area contributed by atoms with Gasteiger partial charge in [-0.2, -0.15) is 0 Å². The third-order valence-corrected chi connectivity index (χ3v) is 3.65. The molecule has 3 rings (SSSR count). The highest BCUT2D eigenvalue weighted by Crippen LogP contribution is 2.32. The maximum absolute atomic E-state index is 14.1. The molecule has 0 spiro atoms. The van der Waals surface area contributed by atoms with Crippen molar-refractivity contribution in [1.29, 1.82) is 0 Å². The zero-order chi connectivity index (χ0) is 15.9. The first-order valence-electron chi connectivity index (χ1n) is 6.64. The number of benzene rings is 1. The minimum atomic E-state index is -0.831. The summed E-state index contributed by atoms with van der Waals surface area (Å²) in [6, 6.07) is 2.28. The summed E-state index contributed by atoms with van der Waals surface area (Å²) in [6.45, 7) is 0.178. The monoisotopic (exact) mass is 308 g/mol. The molecule has 0 saturated heterocycles. The Hall–Kier alpha value is -2.48. The molecule has 0 bridgehead atoms. The van der Waals surface area contributed by atoms with Crippen LogP contribution in [0.4, 0.5) is 14.5 Å². The van der Waals surface area contributed by atoms with Gasteiger partial charge in [-0.25, -0.2) is 13.8 Å². The molecule has 8 heteroatoms. The van der Waals surface area contributed by atoms with Crippen LogP contribution in [-0.4, -0.2) is 22.5 Å². The Balaban J connectivity index is 1.95. The molecule has 22 heavy (non-hydrogen) atoms. The lowest BCUT2D eigenvalue weighted by Gasteiger charge is -2.26. The van der Waals surface area contributed by atoms with E-state index in [1.165, 1.54) is 19.4 Å². The number of amides is 1. The van der Waals surface area contributed by atoms with Gasteiger partial charge in [0.15, 0.2) is 11.5 Å². The minimum Gasteiger partial charge on any atom is -0.396 e. The van der Waals surface area contributed by atoms with E-state index < -0.39 is 17.7 Å². The van der Waals surface area contributed by atoms with Crippen LogP contribution in [0.1, 0.15) is 27.8 Å². The smallest absolute Gasteiger partial charge is 0.271 e. The first kappa shape index (κ1) is 14.5. The van der Waals surface area contributed by atoms with Gasteiger partial charge in [-0.1, -0.05) is 0 Å². The van der Waals surface area contributed by atoms with Gasteiger partial charge < -0.3 is 20.4 Å². The summed E-state index contributed by atoms with van der Waals surface area (Å²) >= 11 is 0. The van der Waals surface area contributed by atoms with E-state index >= 15 is 0 Å². The van der Waals surface area contributed by atoms with E-state index in [0.717, 1.165) is 6.07 Å². The predicted octanol–water partition coefficient (Wildman–Crippen LogP) is 1.37. The maximum atomic E-state index is 14.1. The molecule has 1 aromatic heterocycles. The Morgan fingerprint density at radius 3 is 3.00 bits per heavy atom. The van der Waals surface area contributed by atoms with Gasteiger partial charge in [-0.05, 0) is 12.1 Å². The van der Waals surface area contributed by atoms with E-state index in [2.05, 4.69) is 10.3 Å². The molecule has 2 aromatic rings. The topological polar surface area (TPSA) is 82.2 Å². The van der Waals surface area contributed by atoms with Crippen LogP contribution >= 0.6 is 0 Å². The fourth-order valence-corrected chi connectivity index (χ4v) is 2.49. The number of nitrogens with two attached hydrogens (primary N) is 1. The van der Waals surface area contributed by atoms with Crippen molar-refractivity contribution in [2.75, 3.05) is 12.8 Å². The summed E-state index contributed by atoms with van der Waals surface area (Å²) in [6.07, 6.45) is 0.625. The summed E-state index contributed by atoms with van der Waals surface area (Å²) in [5, 5.41) is 2.48. The molecule has 0 aliphatic carbocycles. The number of nitrogen functional groups attached to an aromatic ring is 1. The molecule has 0 fully saturated rings. The third kappa shape index (κ3) is 2.21. The van der Waals surface area contributed by atoms with Crippen molar-refractivity contribution in [3.63, 3.8) is 0 Å². The van der Waals surface area contributed by atoms with Crippen LogP contribution in [0.25, 0.3) is 0 Å². The summed E-state index contributed by atoms with van der Waals surface area (Å²) < 4.78 is 35.2. The van der Waals surface area contributed by atoms with E-state index in [4.69, 9.17) is 10.5 Å². The third-order valence-electron chi connectivity index (χ3n) is 3.65. The average molecular weight is 308 g/mol. The molecule has 1 aromatic carbocycles. The van der Waals surface area contributed by atoms with Crippen LogP contribution in [-0.2, 0) is 17.9 Å². The van der Waals surface area contributed by atoms with Gasteiger partial charge in [-0.3, -0.25) is 4.79 Å². The molecule has 0 saturated carbocycles. The van der Waals surface area contributed by atoms with Crippen molar-refractivity contribution in [3.05, 3.63) is 47.0 Å². The number of carbonyl (C=O) groups excluding carboxylic acids is 1. The number of imidazole rings is 1. The number of anilines is 1. The van der Waals surface area contributed by atoms with Gasteiger partial charge in [0.25, 0.3) is 5.91 Å². The largest absolute Gasteiger partial charge is 0.396 e. The van der Waals surface area contributed by atoms with Gasteiger partial charge in [0.1, 0.15) is 11.9 Å². The van der Waals surface area contributed by atoms with Crippen molar-refractivity contribution in [1.82, 2.24) is 14.9 Å². The van der Waals surface area contributed by atoms with Crippen LogP contribution in [0.15, 0.2) is 18.5 Å². The number of aromatic nitrogens is 2. The summed E-state index contributed by atoms with van der Waals surface area (Å²) in [5.41, 5.74) is 5.95. The molecule has 6 nitrogen and oxygen atoms in total. The van der Waals surface area contributed by atoms with Gasteiger partial charge in [0.2, 0.25) is 0 Å². The number of nitrogens with zero attached hydrogens (tertiary/aromatic N) is 2. The number of carbonyl (C=O) groups is 1. The SMILES string of the molecule is CNC(=O)c1ncn2c1COC(c1c(F)ccc(N)c1F)C2. The molecule has 3 N–H and O–H groups in total. The standard InChI is InChI=1S/C14H14F2N4O2/c1-18-14(21)13-9-5-22-10(4-20(9)6-19-13)11-7(15)2-3-8(17)12(11)16/h2-3,6,10H,4-5,17H2,1H3,(H,18,21). The number of ether oxygens (including phenoxy) is 1. The first-order chi connectivity index (χ1) is 10.5. The lowest BCUT2D eigenvalue weighted by Crippen LogP contribution is -2.26. The van der Waals surface area contributed by atoms with Crippen molar-refractivity contribution in [2.45, 2.75) is 19.3 Å². The van der Waals surface area contributed by atoms with E-state index in [1.54, 1.807) is 4.57 Å². The molecular weight excluding hydrogens is 294 g/mol. The normalized spacial score (nSPS) is 17.1. The number of hydrogen-bond donors (Lipinski definition) is 2. The summed E-state index contributed by atoms with van der Waals surface area (Å²) in [4.78, 5) is 15.7. The van der Waals surface area contributed by atoms with Crippen molar-refractivity contribution >= 4 is 11.6 Å². The lowest BCUT2D eigenvalue weighted by atomic mass is 10.1. The molecule has 1 amide bonds. The van der Waals surface area contributed by atoms with E-state index in [-0.39, 0.29) is 36.0 Å². The zero-order valence-electron chi connectivity index (χ0n) is 11.8. The Labute approximate surface area is 124 Å². The Morgan fingerprint density at radius 2 is 2.27 bits per heavy atom. The van der Waals surface area contributed by atoms with Crippen molar-refractivity contribution < 1.29 is 18.3 Å². The molecule has 2 heterocycles. The molecular formula is C14H14F2N4O2. The van der Waals surface area contributed by atoms with Crippen molar-refractivity contribution in [2.24, 2.45) is 0 Å². The van der Waals surface area contributed by atoms with E-state index in [9.17, 15) is 13.6 Å². The number of nitrogens with one attached hydrogen (secondary N) is 1. The second-order valence-electron chi connectivity index (χ2n) is 4.94. The van der Waals surface area contributed by atoms with Crippen LogP contribution in [0.5, 0.6) is 0 Å². The second-order valence-corrected chi connectivity index (χ2v) is 4.94. The summed E-state index contributed by atoms with van der Waals surface area (Å²) in [5.74, 6) is -1.87. The number of halogens is 2. The van der Waals surface area contributed by atoms with Crippen LogP contribution in [0, 0.1) is 11.6 Å². The molecule has 0 radical (unpaired) electrons. The quantitative estimate of drug-likeness (QED) is 0.821. The molecule has 1 atom stereocenters. The molecule has 1 aliphatic heterocycles. The fraction of sp³-hybridized carbons (Fsp3) is 0.286. The highest BCUT2D eigenvalue weighted by molar-refractivity contribution is 5.93. The van der Waals surface area contributed by atoms with Crippen LogP contribution in [0.3, 0.4) is 0 Å². The minimum absolute atomic E-state index is 0.0289. The molecule has 1 aliphatic rings. The van der Waals surface area contributed by atoms with Crippen LogP contribution < -0.4 is 11.1 Å². The highest BCUT2D eigenvalue weighted by Gasteiger charge is 2.30. The van der Waals surface area contributed by atoms with Crippen molar-refractivity contribution in [3.8, 4) is 0 Å². The van der Waals surface area contributed by atoms with Gasteiger partial charge in [0.05, 0.1) is 36.4 Å². The van der Waals surface area contributed by atoms with E-state index in [1.807, 2.05) is 0 Å². The predicted molar refractivity (Wildman–Crippen MR) is 73.9 cm³/mol. The zero-order valence-corrected chi connectivity index (χ0v) is 11.8. The lowest BCUT2D eigenvalue weighted by molar-refractivity contribution is -0.00152. The Bertz CT molecular complexity index is 745. The number of fused-ring (bicyclic) bond motifs is 1. The average Bonchev–Trinajstić information content (AvgIpc) is 2.94. The fourth-order valence-electron chi connectivity index (χ4n) is 2.49. The van der Waals surface area contributed by atoms with Crippen LogP contribution in [0.2, 0.25) is 0 Å². The highest BCUT2D eigenvalue weighted by atomic mass is 19.1. The first-order valence-corrected chi connectivity index (χ1v) is 6.64. The number of rotatable bonds is 2. The summed E-state index contributed by atoms with van der Waals surface area (Å²) in [7, 11) is 1.50. The number of hydrogen-bond acceptors (Lipinski definition) is 4. The molecule has 1 unspecified atom stereocenters. The van der Waals surface area contributed by atoms with Gasteiger partial charge >= 0.3 is 0 Å². The molecule has 116 valence electrons. The Morgan fingerprint density at radius 1 is 1.50 bits per heavy atom. The van der Waals surface area contributed by atoms with Gasteiger partial charge in [0, 0.05) is 7.05 Å². The second kappa shape index (κ2) is 5.38. The van der Waals surface area contributed by atoms with Gasteiger partial charge in [-0.15, -0.1) is 0 Å². The maximum Gasteiger partial charge on any atom is 0.271 e. The Kier molecular flexibility index (Phi) is 3.53.